The van der Waals surface area contributed by atoms with Gasteiger partial charge in [0, 0.05) is 21.8 Å². The number of anilines is 1. The first-order valence-corrected chi connectivity index (χ1v) is 12.5. The Kier molecular flexibility index (Phi) is 9.93. The fraction of sp³-hybridized carbons (Fsp3) is 0.200. The minimum Gasteiger partial charge on any atom is -0.493 e. The van der Waals surface area contributed by atoms with Crippen LogP contribution in [0.2, 0.25) is 0 Å². The molecule has 0 spiro atoms. The number of hydrogen-bond acceptors (Lipinski definition) is 5. The molecule has 0 aliphatic carbocycles. The van der Waals surface area contributed by atoms with Crippen molar-refractivity contribution in [3.8, 4) is 23.3 Å². The number of methoxy groups -OCH3 is 1. The van der Waals surface area contributed by atoms with Crippen LogP contribution in [-0.2, 0) is 17.8 Å². The van der Waals surface area contributed by atoms with Crippen molar-refractivity contribution in [3.05, 3.63) is 100 Å². The van der Waals surface area contributed by atoms with E-state index in [-0.39, 0.29) is 11.7 Å². The van der Waals surface area contributed by atoms with Crippen LogP contribution in [0.15, 0.2) is 83.4 Å². The number of benzene rings is 3. The van der Waals surface area contributed by atoms with E-state index in [4.69, 9.17) is 14.2 Å². The van der Waals surface area contributed by atoms with E-state index in [9.17, 15) is 10.1 Å². The maximum absolute atomic E-state index is 12.9. The molecule has 6 nitrogen and oxygen atoms in total. The zero-order valence-corrected chi connectivity index (χ0v) is 22.7. The van der Waals surface area contributed by atoms with Crippen LogP contribution < -0.4 is 19.5 Å². The van der Waals surface area contributed by atoms with Gasteiger partial charge in [0.2, 0.25) is 0 Å². The Morgan fingerprint density at radius 3 is 2.57 bits per heavy atom. The van der Waals surface area contributed by atoms with Crippen molar-refractivity contribution in [2.75, 3.05) is 12.4 Å². The third kappa shape index (κ3) is 7.99. The van der Waals surface area contributed by atoms with Gasteiger partial charge >= 0.3 is 0 Å². The van der Waals surface area contributed by atoms with Crippen LogP contribution in [0, 0.1) is 11.3 Å². The smallest absolute Gasteiger partial charge is 0.266 e. The largest absolute Gasteiger partial charge is 0.493 e. The molecule has 0 unspecified atom stereocenters. The summed E-state index contributed by atoms with van der Waals surface area (Å²) in [6, 6.07) is 20.5. The van der Waals surface area contributed by atoms with E-state index in [1.54, 1.807) is 37.5 Å². The van der Waals surface area contributed by atoms with Crippen molar-refractivity contribution in [1.29, 1.82) is 5.26 Å². The summed E-state index contributed by atoms with van der Waals surface area (Å²) in [4.78, 5) is 12.9. The summed E-state index contributed by atoms with van der Waals surface area (Å²) in [7, 11) is 1.55. The van der Waals surface area contributed by atoms with Crippen molar-refractivity contribution < 1.29 is 19.0 Å². The van der Waals surface area contributed by atoms with E-state index in [1.807, 2.05) is 56.3 Å². The van der Waals surface area contributed by atoms with Gasteiger partial charge in [-0.15, -0.1) is 6.58 Å². The number of allylic oxidation sites excluding steroid dienone is 1. The number of nitrogens with one attached hydrogen (secondary N) is 1. The third-order valence-electron chi connectivity index (χ3n) is 5.17. The van der Waals surface area contributed by atoms with Gasteiger partial charge in [0.15, 0.2) is 11.5 Å². The Bertz CT molecular complexity index is 1320. The highest BCUT2D eigenvalue weighted by Gasteiger charge is 2.15. The highest BCUT2D eigenvalue weighted by atomic mass is 79.9. The van der Waals surface area contributed by atoms with E-state index in [0.29, 0.717) is 41.5 Å². The average molecular weight is 561 g/mol. The van der Waals surface area contributed by atoms with Gasteiger partial charge in [-0.05, 0) is 73.9 Å². The van der Waals surface area contributed by atoms with Crippen LogP contribution in [0.3, 0.4) is 0 Å². The second-order valence-electron chi connectivity index (χ2n) is 8.44. The highest BCUT2D eigenvalue weighted by Crippen LogP contribution is 2.35. The number of amides is 1. The quantitative estimate of drug-likeness (QED) is 0.154. The summed E-state index contributed by atoms with van der Waals surface area (Å²) in [5, 5.41) is 12.5. The van der Waals surface area contributed by atoms with Crippen LogP contribution >= 0.6 is 15.9 Å². The zero-order valence-electron chi connectivity index (χ0n) is 21.1. The van der Waals surface area contributed by atoms with Gasteiger partial charge in [0.1, 0.15) is 24.0 Å². The Labute approximate surface area is 226 Å². The number of carbonyl (C=O) groups is 1. The first-order chi connectivity index (χ1) is 17.8. The number of nitriles is 1. The zero-order chi connectivity index (χ0) is 26.8. The van der Waals surface area contributed by atoms with Crippen LogP contribution in [0.4, 0.5) is 5.69 Å². The summed E-state index contributed by atoms with van der Waals surface area (Å²) < 4.78 is 18.4. The third-order valence-corrected chi connectivity index (χ3v) is 5.70. The lowest BCUT2D eigenvalue weighted by molar-refractivity contribution is -0.112. The van der Waals surface area contributed by atoms with E-state index in [1.165, 1.54) is 6.08 Å². The Balaban J connectivity index is 1.86. The second-order valence-corrected chi connectivity index (χ2v) is 9.35. The molecule has 0 aromatic heterocycles. The minimum atomic E-state index is -0.524. The van der Waals surface area contributed by atoms with Gasteiger partial charge in [-0.2, -0.15) is 5.26 Å². The van der Waals surface area contributed by atoms with Crippen LogP contribution in [-0.4, -0.2) is 19.1 Å². The molecule has 0 saturated carbocycles. The van der Waals surface area contributed by atoms with Crippen molar-refractivity contribution >= 4 is 33.6 Å². The Morgan fingerprint density at radius 2 is 1.92 bits per heavy atom. The molecule has 3 aromatic rings. The number of hydrogen-bond donors (Lipinski definition) is 1. The monoisotopic (exact) mass is 560 g/mol. The van der Waals surface area contributed by atoms with Gasteiger partial charge in [-0.3, -0.25) is 4.79 Å². The van der Waals surface area contributed by atoms with Crippen LogP contribution in [0.25, 0.3) is 6.08 Å². The standard InChI is InChI=1S/C30H29BrN2O4/c1-5-7-23-14-22(16-28(35-4)29(23)36-19-21-10-12-25(31)13-11-21)15-24(18-32)30(34)33-26-8-6-9-27(17-26)37-20(2)3/h5-6,8-17,20H,1,7,19H2,2-4H3,(H,33,34)/b24-15-. The first-order valence-electron chi connectivity index (χ1n) is 11.7. The maximum atomic E-state index is 12.9. The highest BCUT2D eigenvalue weighted by molar-refractivity contribution is 9.10. The molecule has 0 atom stereocenters. The summed E-state index contributed by atoms with van der Waals surface area (Å²) in [5.74, 6) is 1.20. The maximum Gasteiger partial charge on any atom is 0.266 e. The number of rotatable bonds is 11. The average Bonchev–Trinajstić information content (AvgIpc) is 2.87. The number of ether oxygens (including phenoxy) is 3. The van der Waals surface area contributed by atoms with Gasteiger partial charge < -0.3 is 19.5 Å². The molecule has 7 heteroatoms. The molecule has 0 radical (unpaired) electrons. The van der Waals surface area contributed by atoms with Crippen molar-refractivity contribution in [2.24, 2.45) is 0 Å². The summed E-state index contributed by atoms with van der Waals surface area (Å²) in [6.07, 6.45) is 3.81. The minimum absolute atomic E-state index is 0.00192. The van der Waals surface area contributed by atoms with Gasteiger partial charge in [0.05, 0.1) is 13.2 Å². The van der Waals surface area contributed by atoms with E-state index >= 15 is 0 Å². The molecule has 0 bridgehead atoms. The summed E-state index contributed by atoms with van der Waals surface area (Å²) in [6.45, 7) is 8.05. The predicted octanol–water partition coefficient (Wildman–Crippen LogP) is 7.10. The number of nitrogens with zero attached hydrogens (tertiary/aromatic N) is 1. The SMILES string of the molecule is C=CCc1cc(/C=C(/C#N)C(=O)Nc2cccc(OC(C)C)c2)cc(OC)c1OCc1ccc(Br)cc1. The lowest BCUT2D eigenvalue weighted by Gasteiger charge is -2.16. The molecule has 37 heavy (non-hydrogen) atoms. The molecular formula is C30H29BrN2O4. The summed E-state index contributed by atoms with van der Waals surface area (Å²) in [5.41, 5.74) is 2.95. The Morgan fingerprint density at radius 1 is 1.16 bits per heavy atom. The molecule has 190 valence electrons. The van der Waals surface area contributed by atoms with Gasteiger partial charge in [-0.1, -0.05) is 40.2 Å². The van der Waals surface area contributed by atoms with Gasteiger partial charge in [-0.25, -0.2) is 0 Å². The number of halogens is 1. The van der Waals surface area contributed by atoms with Crippen molar-refractivity contribution in [2.45, 2.75) is 33.0 Å². The second kappa shape index (κ2) is 13.3. The van der Waals surface area contributed by atoms with E-state index in [0.717, 1.165) is 15.6 Å². The molecule has 0 heterocycles. The molecule has 0 aliphatic heterocycles. The molecule has 0 aliphatic rings. The first kappa shape index (κ1) is 27.6. The number of carbonyl (C=O) groups excluding carboxylic acids is 1. The topological polar surface area (TPSA) is 80.6 Å². The van der Waals surface area contributed by atoms with E-state index < -0.39 is 5.91 Å². The van der Waals surface area contributed by atoms with Crippen molar-refractivity contribution in [3.63, 3.8) is 0 Å². The molecule has 0 fully saturated rings. The van der Waals surface area contributed by atoms with Crippen LogP contribution in [0.5, 0.6) is 17.2 Å². The Hall–Kier alpha value is -4.02. The molecule has 0 saturated heterocycles. The fourth-order valence-electron chi connectivity index (χ4n) is 3.56. The normalized spacial score (nSPS) is 11.0. The summed E-state index contributed by atoms with van der Waals surface area (Å²) >= 11 is 3.44. The molecular weight excluding hydrogens is 532 g/mol. The molecule has 3 aromatic carbocycles. The molecule has 1 amide bonds. The lowest BCUT2D eigenvalue weighted by Crippen LogP contribution is -2.14. The van der Waals surface area contributed by atoms with E-state index in [2.05, 4.69) is 27.8 Å². The van der Waals surface area contributed by atoms with Crippen LogP contribution in [0.1, 0.15) is 30.5 Å². The molecule has 3 rings (SSSR count). The molecule has 1 N–H and O–H groups in total. The lowest BCUT2D eigenvalue weighted by atomic mass is 10.0. The predicted molar refractivity (Wildman–Crippen MR) is 150 cm³/mol. The fourth-order valence-corrected chi connectivity index (χ4v) is 3.82. The van der Waals surface area contributed by atoms with Gasteiger partial charge in [0.25, 0.3) is 5.91 Å². The van der Waals surface area contributed by atoms with Crippen molar-refractivity contribution in [1.82, 2.24) is 0 Å².